The van der Waals surface area contributed by atoms with Crippen molar-refractivity contribution in [1.29, 1.82) is 0 Å². The van der Waals surface area contributed by atoms with Crippen LogP contribution in [0.5, 0.6) is 0 Å². The molecule has 0 saturated carbocycles. The summed E-state index contributed by atoms with van der Waals surface area (Å²) in [4.78, 5) is 29.9. The van der Waals surface area contributed by atoms with Crippen LogP contribution in [0.25, 0.3) is 32.9 Å². The van der Waals surface area contributed by atoms with Gasteiger partial charge in [-0.1, -0.05) is 30.3 Å². The number of aromatic nitrogens is 1. The maximum Gasteiger partial charge on any atom is 0.254 e. The van der Waals surface area contributed by atoms with E-state index in [9.17, 15) is 14.0 Å². The number of ether oxygens (including phenoxy) is 1. The first-order valence-electron chi connectivity index (χ1n) is 10.0. The van der Waals surface area contributed by atoms with Crippen LogP contribution < -0.4 is 5.73 Å². The number of hydrogen-bond donors (Lipinski definition) is 2. The van der Waals surface area contributed by atoms with E-state index in [1.54, 1.807) is 47.4 Å². The number of nitrogens with one attached hydrogen (secondary N) is 1. The number of benzene rings is 3. The van der Waals surface area contributed by atoms with Crippen molar-refractivity contribution < 1.29 is 18.7 Å². The Morgan fingerprint density at radius 1 is 1.00 bits per heavy atom. The Labute approximate surface area is 177 Å². The first-order valence-corrected chi connectivity index (χ1v) is 10.0. The topological polar surface area (TPSA) is 88.4 Å². The number of fused-ring (bicyclic) bond motifs is 3. The quantitative estimate of drug-likeness (QED) is 0.533. The highest BCUT2D eigenvalue weighted by molar-refractivity contribution is 6.20. The number of carbonyl (C=O) groups is 2. The van der Waals surface area contributed by atoms with Crippen LogP contribution in [0.3, 0.4) is 0 Å². The molecule has 1 aromatic heterocycles. The molecule has 3 aromatic carbocycles. The van der Waals surface area contributed by atoms with Crippen molar-refractivity contribution in [2.75, 3.05) is 26.3 Å². The van der Waals surface area contributed by atoms with Crippen molar-refractivity contribution in [3.05, 3.63) is 71.5 Å². The largest absolute Gasteiger partial charge is 0.378 e. The van der Waals surface area contributed by atoms with Gasteiger partial charge in [0.15, 0.2) is 0 Å². The molecule has 0 spiro atoms. The number of nitrogens with zero attached hydrogens (tertiary/aromatic N) is 1. The van der Waals surface area contributed by atoms with E-state index in [1.807, 2.05) is 6.07 Å². The van der Waals surface area contributed by atoms with Crippen LogP contribution in [0, 0.1) is 5.82 Å². The summed E-state index contributed by atoms with van der Waals surface area (Å²) in [6.07, 6.45) is 0. The Hall–Kier alpha value is -3.71. The van der Waals surface area contributed by atoms with Crippen LogP contribution in [0.2, 0.25) is 0 Å². The first-order chi connectivity index (χ1) is 15.0. The van der Waals surface area contributed by atoms with E-state index in [0.717, 1.165) is 5.39 Å². The van der Waals surface area contributed by atoms with Crippen LogP contribution in [0.4, 0.5) is 4.39 Å². The lowest BCUT2D eigenvalue weighted by Gasteiger charge is -2.26. The van der Waals surface area contributed by atoms with Gasteiger partial charge in [-0.15, -0.1) is 0 Å². The van der Waals surface area contributed by atoms with E-state index in [1.165, 1.54) is 6.07 Å². The third-order valence-electron chi connectivity index (χ3n) is 5.73. The van der Waals surface area contributed by atoms with Gasteiger partial charge in [0, 0.05) is 40.5 Å². The van der Waals surface area contributed by atoms with Crippen LogP contribution in [0.1, 0.15) is 20.7 Å². The third-order valence-corrected chi connectivity index (χ3v) is 5.73. The van der Waals surface area contributed by atoms with Gasteiger partial charge in [-0.25, -0.2) is 4.39 Å². The summed E-state index contributed by atoms with van der Waals surface area (Å²) in [5.74, 6) is -1.02. The summed E-state index contributed by atoms with van der Waals surface area (Å²) >= 11 is 0. The number of carbonyl (C=O) groups excluding carboxylic acids is 2. The van der Waals surface area contributed by atoms with Gasteiger partial charge in [0.05, 0.1) is 24.3 Å². The Morgan fingerprint density at radius 2 is 1.77 bits per heavy atom. The van der Waals surface area contributed by atoms with Gasteiger partial charge in [0.1, 0.15) is 5.82 Å². The van der Waals surface area contributed by atoms with Gasteiger partial charge < -0.3 is 20.4 Å². The highest BCUT2D eigenvalue weighted by atomic mass is 19.1. The summed E-state index contributed by atoms with van der Waals surface area (Å²) in [7, 11) is 0. The molecule has 6 nitrogen and oxygen atoms in total. The predicted octanol–water partition coefficient (Wildman–Crippen LogP) is 3.70. The molecule has 1 aliphatic heterocycles. The summed E-state index contributed by atoms with van der Waals surface area (Å²) in [5, 5.41) is 1.48. The third kappa shape index (κ3) is 3.23. The summed E-state index contributed by atoms with van der Waals surface area (Å²) in [5.41, 5.74) is 8.73. The van der Waals surface area contributed by atoms with Gasteiger partial charge in [0.25, 0.3) is 11.8 Å². The molecule has 1 aliphatic rings. The van der Waals surface area contributed by atoms with Crippen molar-refractivity contribution in [2.24, 2.45) is 5.73 Å². The number of amides is 2. The van der Waals surface area contributed by atoms with E-state index in [-0.39, 0.29) is 11.7 Å². The number of morpholine rings is 1. The lowest BCUT2D eigenvalue weighted by atomic mass is 9.96. The molecule has 0 unspecified atom stereocenters. The molecule has 4 aromatic rings. The van der Waals surface area contributed by atoms with Gasteiger partial charge in [-0.05, 0) is 29.8 Å². The zero-order chi connectivity index (χ0) is 21.5. The minimum absolute atomic E-state index is 0.0756. The minimum atomic E-state index is -0.582. The fourth-order valence-electron chi connectivity index (χ4n) is 4.20. The molecule has 0 radical (unpaired) electrons. The molecule has 0 bridgehead atoms. The second-order valence-electron chi connectivity index (χ2n) is 7.54. The second-order valence-corrected chi connectivity index (χ2v) is 7.54. The zero-order valence-corrected chi connectivity index (χ0v) is 16.7. The predicted molar refractivity (Wildman–Crippen MR) is 116 cm³/mol. The first kappa shape index (κ1) is 19.3. The number of H-pyrrole nitrogens is 1. The highest BCUT2D eigenvalue weighted by Gasteiger charge is 2.21. The fraction of sp³-hybridized carbons (Fsp3) is 0.167. The summed E-state index contributed by atoms with van der Waals surface area (Å²) in [6.45, 7) is 2.14. The Kier molecular flexibility index (Phi) is 4.67. The molecule has 0 aliphatic carbocycles. The maximum absolute atomic E-state index is 14.6. The molecule has 0 atom stereocenters. The molecule has 1 saturated heterocycles. The molecule has 3 N–H and O–H groups in total. The Bertz CT molecular complexity index is 1340. The molecular formula is C24H20FN3O3. The zero-order valence-electron chi connectivity index (χ0n) is 16.7. The number of hydrogen-bond acceptors (Lipinski definition) is 3. The van der Waals surface area contributed by atoms with Crippen LogP contribution >= 0.6 is 0 Å². The second kappa shape index (κ2) is 7.52. The van der Waals surface area contributed by atoms with Crippen molar-refractivity contribution >= 4 is 33.6 Å². The van der Waals surface area contributed by atoms with Gasteiger partial charge in [0.2, 0.25) is 0 Å². The molecule has 7 heteroatoms. The smallest absolute Gasteiger partial charge is 0.254 e. The van der Waals surface area contributed by atoms with Crippen molar-refractivity contribution in [3.63, 3.8) is 0 Å². The Balaban J connectivity index is 1.72. The van der Waals surface area contributed by atoms with Crippen molar-refractivity contribution in [1.82, 2.24) is 9.88 Å². The standard InChI is InChI=1S/C24H20FN3O3/c25-19-4-2-1-3-15(19)16-7-8-18(23(26)29)22-21(16)17-6-5-14(13-20(17)27-22)24(30)28-9-11-31-12-10-28/h1-8,13,27H,9-12H2,(H2,26,29). The number of halogens is 1. The molecular weight excluding hydrogens is 397 g/mol. The van der Waals surface area contributed by atoms with Crippen molar-refractivity contribution in [3.8, 4) is 11.1 Å². The molecule has 2 amide bonds. The maximum atomic E-state index is 14.6. The number of nitrogens with two attached hydrogens (primary N) is 1. The molecule has 156 valence electrons. The van der Waals surface area contributed by atoms with E-state index < -0.39 is 5.91 Å². The Morgan fingerprint density at radius 3 is 2.52 bits per heavy atom. The number of primary amides is 1. The SMILES string of the molecule is NC(=O)c1ccc(-c2ccccc2F)c2c1[nH]c1cc(C(=O)N3CCOCC3)ccc12. The fourth-order valence-corrected chi connectivity index (χ4v) is 4.20. The molecule has 1 fully saturated rings. The molecule has 31 heavy (non-hydrogen) atoms. The minimum Gasteiger partial charge on any atom is -0.378 e. The normalized spacial score (nSPS) is 14.3. The van der Waals surface area contributed by atoms with Crippen molar-refractivity contribution in [2.45, 2.75) is 0 Å². The lowest BCUT2D eigenvalue weighted by Crippen LogP contribution is -2.40. The lowest BCUT2D eigenvalue weighted by molar-refractivity contribution is 0.0303. The van der Waals surface area contributed by atoms with Gasteiger partial charge in [-0.2, -0.15) is 0 Å². The average molecular weight is 417 g/mol. The summed E-state index contributed by atoms with van der Waals surface area (Å²) < 4.78 is 19.9. The van der Waals surface area contributed by atoms with Crippen LogP contribution in [0.15, 0.2) is 54.6 Å². The molecule has 2 heterocycles. The van der Waals surface area contributed by atoms with E-state index >= 15 is 0 Å². The monoisotopic (exact) mass is 417 g/mol. The van der Waals surface area contributed by atoms with E-state index in [4.69, 9.17) is 10.5 Å². The van der Waals surface area contributed by atoms with Crippen LogP contribution in [-0.2, 0) is 4.74 Å². The summed E-state index contributed by atoms with van der Waals surface area (Å²) in [6, 6.07) is 15.2. The van der Waals surface area contributed by atoms with Gasteiger partial charge >= 0.3 is 0 Å². The highest BCUT2D eigenvalue weighted by Crippen LogP contribution is 2.37. The average Bonchev–Trinajstić information content (AvgIpc) is 3.17. The molecule has 5 rings (SSSR count). The van der Waals surface area contributed by atoms with Gasteiger partial charge in [-0.3, -0.25) is 9.59 Å². The van der Waals surface area contributed by atoms with E-state index in [0.29, 0.717) is 65.0 Å². The van der Waals surface area contributed by atoms with Crippen LogP contribution in [-0.4, -0.2) is 48.0 Å². The number of aromatic amines is 1. The van der Waals surface area contributed by atoms with E-state index in [2.05, 4.69) is 4.98 Å². The number of rotatable bonds is 3.